The van der Waals surface area contributed by atoms with Crippen molar-refractivity contribution >= 4 is 10.9 Å². The van der Waals surface area contributed by atoms with Gasteiger partial charge in [-0.3, -0.25) is 0 Å². The predicted molar refractivity (Wildman–Crippen MR) is 101 cm³/mol. The Morgan fingerprint density at radius 1 is 1.04 bits per heavy atom. The fourth-order valence-electron chi connectivity index (χ4n) is 3.28. The largest absolute Gasteiger partial charge is 0.490 e. The molecule has 0 aliphatic carbocycles. The van der Waals surface area contributed by atoms with Crippen LogP contribution in [0, 0.1) is 0 Å². The number of rotatable bonds is 7. The van der Waals surface area contributed by atoms with Gasteiger partial charge < -0.3 is 15.0 Å². The molecule has 0 fully saturated rings. The van der Waals surface area contributed by atoms with E-state index in [2.05, 4.69) is 72.8 Å². The van der Waals surface area contributed by atoms with E-state index in [0.717, 1.165) is 24.2 Å². The van der Waals surface area contributed by atoms with E-state index in [1.807, 2.05) is 13.1 Å². The average molecular weight is 322 g/mol. The second-order valence-electron chi connectivity index (χ2n) is 6.44. The van der Waals surface area contributed by atoms with Crippen LogP contribution in [0.4, 0.5) is 0 Å². The van der Waals surface area contributed by atoms with Crippen LogP contribution in [0.25, 0.3) is 10.9 Å². The summed E-state index contributed by atoms with van der Waals surface area (Å²) in [6.07, 6.45) is 3.35. The fourth-order valence-corrected chi connectivity index (χ4v) is 3.28. The number of H-pyrrole nitrogens is 1. The number of ether oxygens (including phenoxy) is 1. The third-order valence-electron chi connectivity index (χ3n) is 4.32. The van der Waals surface area contributed by atoms with E-state index in [-0.39, 0.29) is 6.10 Å². The first-order valence-electron chi connectivity index (χ1n) is 8.67. The molecule has 1 heterocycles. The SMILES string of the molecule is CNCC[C@@H](c1ccccc1)c1c[nH]c2cccc(OC(C)C)c12. The lowest BCUT2D eigenvalue weighted by atomic mass is 9.88. The van der Waals surface area contributed by atoms with Crippen LogP contribution in [0.1, 0.15) is 37.3 Å². The molecule has 0 aliphatic rings. The highest BCUT2D eigenvalue weighted by Gasteiger charge is 2.20. The van der Waals surface area contributed by atoms with Gasteiger partial charge in [0.25, 0.3) is 0 Å². The molecule has 2 N–H and O–H groups in total. The van der Waals surface area contributed by atoms with E-state index in [0.29, 0.717) is 5.92 Å². The number of hydrogen-bond donors (Lipinski definition) is 2. The lowest BCUT2D eigenvalue weighted by Gasteiger charge is -2.19. The van der Waals surface area contributed by atoms with Crippen LogP contribution in [0.5, 0.6) is 5.75 Å². The Balaban J connectivity index is 2.10. The lowest BCUT2D eigenvalue weighted by Crippen LogP contribution is -2.13. The molecule has 1 aromatic heterocycles. The van der Waals surface area contributed by atoms with E-state index in [4.69, 9.17) is 4.74 Å². The normalized spacial score (nSPS) is 12.7. The summed E-state index contributed by atoms with van der Waals surface area (Å²) in [7, 11) is 2.00. The van der Waals surface area contributed by atoms with Gasteiger partial charge in [0.2, 0.25) is 0 Å². The first-order chi connectivity index (χ1) is 11.7. The van der Waals surface area contributed by atoms with Crippen LogP contribution in [0.3, 0.4) is 0 Å². The van der Waals surface area contributed by atoms with Crippen molar-refractivity contribution in [3.05, 3.63) is 65.9 Å². The molecule has 0 unspecified atom stereocenters. The van der Waals surface area contributed by atoms with Crippen LogP contribution in [-0.2, 0) is 0 Å². The standard InChI is InChI=1S/C21H26N2O/c1-15(2)24-20-11-7-10-19-21(20)18(14-23-19)17(12-13-22-3)16-8-5-4-6-9-16/h4-11,14-15,17,22-23H,12-13H2,1-3H3/t17-/m0/s1. The van der Waals surface area contributed by atoms with Crippen molar-refractivity contribution in [2.45, 2.75) is 32.3 Å². The summed E-state index contributed by atoms with van der Waals surface area (Å²) in [6, 6.07) is 17.0. The molecule has 3 aromatic rings. The first kappa shape index (κ1) is 16.6. The van der Waals surface area contributed by atoms with Gasteiger partial charge in [-0.25, -0.2) is 0 Å². The number of benzene rings is 2. The highest BCUT2D eigenvalue weighted by molar-refractivity contribution is 5.90. The Morgan fingerprint density at radius 2 is 1.83 bits per heavy atom. The summed E-state index contributed by atoms with van der Waals surface area (Å²) < 4.78 is 6.08. The molecule has 0 bridgehead atoms. The Hall–Kier alpha value is -2.26. The van der Waals surface area contributed by atoms with Crippen LogP contribution < -0.4 is 10.1 Å². The van der Waals surface area contributed by atoms with Crippen LogP contribution in [-0.4, -0.2) is 24.7 Å². The van der Waals surface area contributed by atoms with Crippen molar-refractivity contribution in [1.82, 2.24) is 10.3 Å². The molecule has 0 spiro atoms. The van der Waals surface area contributed by atoms with Gasteiger partial charge in [-0.1, -0.05) is 36.4 Å². The van der Waals surface area contributed by atoms with E-state index < -0.39 is 0 Å². The molecule has 2 aromatic carbocycles. The van der Waals surface area contributed by atoms with Gasteiger partial charge >= 0.3 is 0 Å². The van der Waals surface area contributed by atoms with Crippen LogP contribution >= 0.6 is 0 Å². The van der Waals surface area contributed by atoms with E-state index in [1.165, 1.54) is 16.5 Å². The van der Waals surface area contributed by atoms with Gasteiger partial charge in [0.05, 0.1) is 6.10 Å². The van der Waals surface area contributed by atoms with E-state index in [9.17, 15) is 0 Å². The molecule has 1 atom stereocenters. The molecule has 24 heavy (non-hydrogen) atoms. The molecule has 0 radical (unpaired) electrons. The Labute approximate surface area is 144 Å². The van der Waals surface area contributed by atoms with E-state index in [1.54, 1.807) is 0 Å². The van der Waals surface area contributed by atoms with Crippen molar-refractivity contribution in [2.24, 2.45) is 0 Å². The molecule has 3 rings (SSSR count). The minimum absolute atomic E-state index is 0.158. The maximum absolute atomic E-state index is 6.08. The zero-order chi connectivity index (χ0) is 16.9. The molecule has 0 amide bonds. The minimum atomic E-state index is 0.158. The van der Waals surface area contributed by atoms with Gasteiger partial charge in [0.15, 0.2) is 0 Å². The topological polar surface area (TPSA) is 37.0 Å². The smallest absolute Gasteiger partial charge is 0.129 e. The number of fused-ring (bicyclic) bond motifs is 1. The summed E-state index contributed by atoms with van der Waals surface area (Å²) in [5.74, 6) is 1.30. The maximum Gasteiger partial charge on any atom is 0.129 e. The number of nitrogens with one attached hydrogen (secondary N) is 2. The van der Waals surface area contributed by atoms with Crippen molar-refractivity contribution in [3.8, 4) is 5.75 Å². The van der Waals surface area contributed by atoms with Gasteiger partial charge in [0, 0.05) is 23.0 Å². The van der Waals surface area contributed by atoms with Crippen molar-refractivity contribution in [2.75, 3.05) is 13.6 Å². The lowest BCUT2D eigenvalue weighted by molar-refractivity contribution is 0.245. The third kappa shape index (κ3) is 3.46. The predicted octanol–water partition coefficient (Wildman–Crippen LogP) is 4.70. The van der Waals surface area contributed by atoms with Gasteiger partial charge in [0.1, 0.15) is 5.75 Å². The van der Waals surface area contributed by atoms with Crippen molar-refractivity contribution in [1.29, 1.82) is 0 Å². The summed E-state index contributed by atoms with van der Waals surface area (Å²) >= 11 is 0. The zero-order valence-corrected chi connectivity index (χ0v) is 14.7. The Kier molecular flexibility index (Phi) is 5.21. The van der Waals surface area contributed by atoms with Crippen LogP contribution in [0.15, 0.2) is 54.7 Å². The molecule has 3 nitrogen and oxygen atoms in total. The summed E-state index contributed by atoms with van der Waals surface area (Å²) in [4.78, 5) is 3.43. The molecular weight excluding hydrogens is 296 g/mol. The minimum Gasteiger partial charge on any atom is -0.490 e. The molecule has 126 valence electrons. The van der Waals surface area contributed by atoms with Gasteiger partial charge in [-0.15, -0.1) is 0 Å². The number of aromatic amines is 1. The van der Waals surface area contributed by atoms with Crippen molar-refractivity contribution in [3.63, 3.8) is 0 Å². The van der Waals surface area contributed by atoms with Crippen molar-refractivity contribution < 1.29 is 4.74 Å². The second kappa shape index (κ2) is 7.54. The monoisotopic (exact) mass is 322 g/mol. The first-order valence-corrected chi connectivity index (χ1v) is 8.67. The van der Waals surface area contributed by atoms with Crippen LogP contribution in [0.2, 0.25) is 0 Å². The Morgan fingerprint density at radius 3 is 2.54 bits per heavy atom. The quantitative estimate of drug-likeness (QED) is 0.662. The molecule has 0 saturated carbocycles. The summed E-state index contributed by atoms with van der Waals surface area (Å²) in [6.45, 7) is 5.11. The molecule has 0 saturated heterocycles. The zero-order valence-electron chi connectivity index (χ0n) is 14.7. The molecule has 0 aliphatic heterocycles. The Bertz CT molecular complexity index is 777. The average Bonchev–Trinajstić information content (AvgIpc) is 3.01. The fraction of sp³-hybridized carbons (Fsp3) is 0.333. The highest BCUT2D eigenvalue weighted by Crippen LogP contribution is 2.38. The number of hydrogen-bond acceptors (Lipinski definition) is 2. The number of aromatic nitrogens is 1. The van der Waals surface area contributed by atoms with E-state index >= 15 is 0 Å². The third-order valence-corrected chi connectivity index (χ3v) is 4.32. The highest BCUT2D eigenvalue weighted by atomic mass is 16.5. The molecular formula is C21H26N2O. The molecule has 3 heteroatoms. The summed E-state index contributed by atoms with van der Waals surface area (Å²) in [5.41, 5.74) is 3.78. The van der Waals surface area contributed by atoms with Gasteiger partial charge in [-0.05, 0) is 57.1 Å². The maximum atomic E-state index is 6.08. The summed E-state index contributed by atoms with van der Waals surface area (Å²) in [5, 5.41) is 4.49. The van der Waals surface area contributed by atoms with Gasteiger partial charge in [-0.2, -0.15) is 0 Å². The second-order valence-corrected chi connectivity index (χ2v) is 6.44.